The molecule has 174 valence electrons. The number of hydrogen-bond donors (Lipinski definition) is 0. The van der Waals surface area contributed by atoms with Crippen LogP contribution in [0.4, 0.5) is 0 Å². The summed E-state index contributed by atoms with van der Waals surface area (Å²) in [5.41, 5.74) is 0. The Bertz CT molecular complexity index is 113. The minimum absolute atomic E-state index is 0. The summed E-state index contributed by atoms with van der Waals surface area (Å²) in [5.74, 6) is 0. The molecule has 0 atom stereocenters. The third kappa shape index (κ3) is 380. The van der Waals surface area contributed by atoms with Crippen molar-refractivity contribution in [2.24, 2.45) is 0 Å². The van der Waals surface area contributed by atoms with Gasteiger partial charge in [0.05, 0.1) is 0 Å². The zero-order valence-corrected chi connectivity index (χ0v) is 23.4. The molecule has 1 rings (SSSR count). The smallest absolute Gasteiger partial charge is 0.870 e. The first-order chi connectivity index (χ1) is 3.00. The Hall–Kier alpha value is 2.25. The van der Waals surface area contributed by atoms with Gasteiger partial charge in [-0.25, -0.2) is 0 Å². The van der Waals surface area contributed by atoms with Crippen molar-refractivity contribution < 1.29 is 229 Å². The summed E-state index contributed by atoms with van der Waals surface area (Å²) in [6, 6.07) is 15.0. The van der Waals surface area contributed by atoms with Gasteiger partial charge in [-0.2, -0.15) is 0 Å². The molecule has 30 heavy (non-hydrogen) atoms. The van der Waals surface area contributed by atoms with Crippen LogP contribution in [0.5, 0.6) is 0 Å². The zero-order chi connectivity index (χ0) is 4.24. The maximum atomic E-state index is 2.50. The van der Waals surface area contributed by atoms with Crippen LogP contribution in [0, 0.1) is 36.4 Å². The van der Waals surface area contributed by atoms with Gasteiger partial charge in [0.25, 0.3) is 0 Å². The molecular weight excluding hydrogens is 647 g/mol. The number of hydrogen-bond acceptors (Lipinski definition) is 18. The fourth-order valence-electron chi connectivity index (χ4n) is 0.188. The van der Waals surface area contributed by atoms with Crippen molar-refractivity contribution in [1.82, 2.24) is 0 Å². The second-order valence-corrected chi connectivity index (χ2v) is 0.750. The molecule has 0 fully saturated rings. The third-order valence-corrected chi connectivity index (χ3v) is 0.375. The van der Waals surface area contributed by atoms with Crippen molar-refractivity contribution >= 4 is 0 Å². The Morgan fingerprint density at radius 2 is 0.167 bits per heavy atom. The van der Waals surface area contributed by atoms with E-state index < -0.39 is 0 Å². The van der Waals surface area contributed by atoms with Crippen molar-refractivity contribution in [3.8, 4) is 0 Å². The Morgan fingerprint density at radius 3 is 0.200 bits per heavy atom. The molecular formula is C6H18O18Ti6. The standard InChI is InChI=1S/C6.18H2O.6Ti/c1-2-4-6-5-3-1;;;;;;;;;;;;;;;;;;;;;;;;/h;18*1H2;;;;;;/q;;;;;;;;;;;;;;;;;;;6*+3/p-18. The zero-order valence-electron chi connectivity index (χ0n) is 14.0. The van der Waals surface area contributed by atoms with Crippen molar-refractivity contribution in [3.05, 3.63) is 36.4 Å². The molecule has 0 saturated heterocycles. The van der Waals surface area contributed by atoms with Crippen LogP contribution in [0.1, 0.15) is 0 Å². The van der Waals surface area contributed by atoms with Gasteiger partial charge < -0.3 is 98.6 Å². The Morgan fingerprint density at radius 1 is 0.133 bits per heavy atom. The van der Waals surface area contributed by atoms with Crippen LogP contribution >= 0.6 is 0 Å². The fraction of sp³-hybridized carbons (Fsp3) is 0. The van der Waals surface area contributed by atoms with Gasteiger partial charge in [0.15, 0.2) is 0 Å². The van der Waals surface area contributed by atoms with E-state index >= 15 is 0 Å². The van der Waals surface area contributed by atoms with Crippen LogP contribution in [-0.2, 0) is 130 Å². The van der Waals surface area contributed by atoms with Crippen LogP contribution < -0.4 is 0 Å². The Labute approximate surface area is 262 Å². The first kappa shape index (κ1) is 463. The molecule has 0 aliphatic heterocycles. The van der Waals surface area contributed by atoms with Crippen molar-refractivity contribution in [2.45, 2.75) is 0 Å². The third-order valence-electron chi connectivity index (χ3n) is 0.375. The Balaban J connectivity index is -0.000000000682. The van der Waals surface area contributed by atoms with Crippen LogP contribution in [0.3, 0.4) is 0 Å². The predicted molar refractivity (Wildman–Crippen MR) is 54.3 cm³/mol. The molecule has 0 saturated carbocycles. The van der Waals surface area contributed by atoms with Crippen LogP contribution in [0.2, 0.25) is 0 Å². The van der Waals surface area contributed by atoms with Crippen LogP contribution in [0.25, 0.3) is 0 Å². The van der Waals surface area contributed by atoms with E-state index in [9.17, 15) is 0 Å². The molecule has 0 aromatic heterocycles. The summed E-state index contributed by atoms with van der Waals surface area (Å²) in [4.78, 5) is 0. The van der Waals surface area contributed by atoms with E-state index in [4.69, 9.17) is 0 Å². The molecule has 0 bridgehead atoms. The maximum Gasteiger partial charge on any atom is 3.00 e. The Kier molecular flexibility index (Phi) is 6490. The average Bonchev–Trinajstić information content (AvgIpc) is 1.72. The van der Waals surface area contributed by atoms with Gasteiger partial charge in [-0.05, 0) is 0 Å². The van der Waals surface area contributed by atoms with Crippen molar-refractivity contribution in [2.75, 3.05) is 0 Å². The molecule has 0 aliphatic rings. The summed E-state index contributed by atoms with van der Waals surface area (Å²) in [7, 11) is 0. The molecule has 6 radical (unpaired) electrons. The summed E-state index contributed by atoms with van der Waals surface area (Å²) in [5, 5.41) is 0. The van der Waals surface area contributed by atoms with E-state index in [0.717, 1.165) is 0 Å². The predicted octanol–water partition coefficient (Wildman–Crippen LogP) is -2.71. The topological polar surface area (TPSA) is 540 Å². The summed E-state index contributed by atoms with van der Waals surface area (Å²) in [6.07, 6.45) is 0. The summed E-state index contributed by atoms with van der Waals surface area (Å²) < 4.78 is 0. The van der Waals surface area contributed by atoms with Crippen LogP contribution in [0.15, 0.2) is 0 Å². The molecule has 0 amide bonds. The van der Waals surface area contributed by atoms with E-state index in [1.54, 1.807) is 0 Å². The van der Waals surface area contributed by atoms with Gasteiger partial charge in [0.2, 0.25) is 0 Å². The molecule has 0 heterocycles. The van der Waals surface area contributed by atoms with Gasteiger partial charge in [0.1, 0.15) is 0 Å². The first-order valence-corrected chi connectivity index (χ1v) is 1.50. The largest absolute Gasteiger partial charge is 3.00 e. The minimum Gasteiger partial charge on any atom is -0.870 e. The fourth-order valence-corrected chi connectivity index (χ4v) is 0.188. The molecule has 1 aromatic rings. The monoisotopic (exact) mass is 666 g/mol. The molecule has 18 N–H and O–H groups in total. The molecule has 0 unspecified atom stereocenters. The summed E-state index contributed by atoms with van der Waals surface area (Å²) in [6.45, 7) is 0. The van der Waals surface area contributed by atoms with Crippen molar-refractivity contribution in [1.29, 1.82) is 0 Å². The normalized spacial score (nSPS) is 0.800. The van der Waals surface area contributed by atoms with Crippen LogP contribution in [-0.4, -0.2) is 98.6 Å². The minimum atomic E-state index is 0. The number of rotatable bonds is 0. The van der Waals surface area contributed by atoms with E-state index in [0.29, 0.717) is 0 Å². The first-order valence-electron chi connectivity index (χ1n) is 1.50. The van der Waals surface area contributed by atoms with Gasteiger partial charge >= 0.3 is 130 Å². The van der Waals surface area contributed by atoms with Gasteiger partial charge in [-0.3, -0.25) is 0 Å². The molecule has 24 heteroatoms. The van der Waals surface area contributed by atoms with E-state index in [1.165, 1.54) is 0 Å². The second kappa shape index (κ2) is 420. The van der Waals surface area contributed by atoms with Gasteiger partial charge in [-0.1, -0.05) is 0 Å². The molecule has 18 nitrogen and oxygen atoms in total. The molecule has 0 spiro atoms. The van der Waals surface area contributed by atoms with E-state index in [-0.39, 0.29) is 229 Å². The quantitative estimate of drug-likeness (QED) is 0.254. The van der Waals surface area contributed by atoms with E-state index in [2.05, 4.69) is 36.4 Å². The maximum absolute atomic E-state index is 2.50. The average molecular weight is 665 g/mol. The molecule has 0 aliphatic carbocycles. The van der Waals surface area contributed by atoms with Crippen molar-refractivity contribution in [3.63, 3.8) is 0 Å². The van der Waals surface area contributed by atoms with Gasteiger partial charge in [0, 0.05) is 36.4 Å². The summed E-state index contributed by atoms with van der Waals surface area (Å²) >= 11 is 0. The van der Waals surface area contributed by atoms with Gasteiger partial charge in [-0.15, -0.1) is 0 Å². The molecule has 1 aromatic carbocycles. The van der Waals surface area contributed by atoms with E-state index in [1.807, 2.05) is 0 Å². The SMILES string of the molecule is [OH-].[OH-].[OH-].[OH-].[OH-].[OH-].[OH-].[OH-].[OH-].[OH-].[OH-].[OH-].[OH-].[OH-].[OH-].[OH-].[OH-].[OH-].[Ti+3].[Ti+3].[Ti+3].[Ti+3].[Ti+3].[Ti+3].c1c#cc#cc#1. The second-order valence-electron chi connectivity index (χ2n) is 0.750.